The molecule has 0 bridgehead atoms. The summed E-state index contributed by atoms with van der Waals surface area (Å²) in [5.41, 5.74) is 5.33. The van der Waals surface area contributed by atoms with Gasteiger partial charge in [-0.2, -0.15) is 0 Å². The molecule has 0 radical (unpaired) electrons. The Morgan fingerprint density at radius 3 is 2.55 bits per heavy atom. The van der Waals surface area contributed by atoms with Crippen LogP contribution in [0.5, 0.6) is 0 Å². The van der Waals surface area contributed by atoms with Crippen LogP contribution in [0, 0.1) is 6.92 Å². The van der Waals surface area contributed by atoms with Gasteiger partial charge in [0.2, 0.25) is 11.8 Å². The van der Waals surface area contributed by atoms with Gasteiger partial charge in [0, 0.05) is 31.1 Å². The minimum atomic E-state index is -0.432. The summed E-state index contributed by atoms with van der Waals surface area (Å²) in [5.74, 6) is -1.09. The number of nitrogens with zero attached hydrogens (tertiary/aromatic N) is 2. The summed E-state index contributed by atoms with van der Waals surface area (Å²) >= 11 is 0. The molecule has 172 valence electrons. The Balaban J connectivity index is 1.61. The second kappa shape index (κ2) is 9.61. The number of allylic oxidation sites excluding steroid dienone is 1. The maximum atomic E-state index is 13.2. The highest BCUT2D eigenvalue weighted by molar-refractivity contribution is 5.97. The topological polar surface area (TPSA) is 66.9 Å². The van der Waals surface area contributed by atoms with Crippen LogP contribution in [0.25, 0.3) is 0 Å². The van der Waals surface area contributed by atoms with Crippen LogP contribution in [0.2, 0.25) is 0 Å². The largest absolute Gasteiger partial charge is 0.463 e. The molecule has 6 heteroatoms. The Morgan fingerprint density at radius 1 is 1.06 bits per heavy atom. The molecular formula is C27H30N2O4. The SMILES string of the molecule is CCOC(=O)C1=C(C)N(CC(=O)N2CCc3ccccc3C2)C(=O)CC1c1cccc(C)c1. The number of aryl methyl sites for hydroxylation is 1. The van der Waals surface area contributed by atoms with Gasteiger partial charge < -0.3 is 14.5 Å². The summed E-state index contributed by atoms with van der Waals surface area (Å²) in [6.45, 7) is 6.82. The molecule has 6 nitrogen and oxygen atoms in total. The molecule has 0 saturated carbocycles. The van der Waals surface area contributed by atoms with Crippen molar-refractivity contribution in [2.75, 3.05) is 19.7 Å². The van der Waals surface area contributed by atoms with Crippen molar-refractivity contribution >= 4 is 17.8 Å². The molecule has 1 atom stereocenters. The lowest BCUT2D eigenvalue weighted by Gasteiger charge is -2.36. The monoisotopic (exact) mass is 446 g/mol. The maximum Gasteiger partial charge on any atom is 0.336 e. The highest BCUT2D eigenvalue weighted by atomic mass is 16.5. The summed E-state index contributed by atoms with van der Waals surface area (Å²) in [4.78, 5) is 42.5. The molecule has 2 heterocycles. The number of ether oxygens (including phenoxy) is 1. The van der Waals surface area contributed by atoms with Crippen LogP contribution in [0.3, 0.4) is 0 Å². The van der Waals surface area contributed by atoms with E-state index in [0.717, 1.165) is 23.1 Å². The second-order valence-corrected chi connectivity index (χ2v) is 8.70. The van der Waals surface area contributed by atoms with E-state index < -0.39 is 5.97 Å². The third kappa shape index (κ3) is 4.70. The summed E-state index contributed by atoms with van der Waals surface area (Å²) < 4.78 is 5.35. The predicted molar refractivity (Wildman–Crippen MR) is 125 cm³/mol. The Bertz CT molecular complexity index is 1120. The molecule has 33 heavy (non-hydrogen) atoms. The molecule has 0 aromatic heterocycles. The van der Waals surface area contributed by atoms with E-state index in [-0.39, 0.29) is 37.3 Å². The Morgan fingerprint density at radius 2 is 1.82 bits per heavy atom. The van der Waals surface area contributed by atoms with Crippen LogP contribution in [0.15, 0.2) is 59.8 Å². The van der Waals surface area contributed by atoms with Crippen LogP contribution in [-0.2, 0) is 32.1 Å². The first-order chi connectivity index (χ1) is 15.9. The highest BCUT2D eigenvalue weighted by Crippen LogP contribution is 2.37. The zero-order valence-electron chi connectivity index (χ0n) is 19.5. The van der Waals surface area contributed by atoms with Gasteiger partial charge in [-0.15, -0.1) is 0 Å². The van der Waals surface area contributed by atoms with Crippen molar-refractivity contribution in [2.45, 2.75) is 46.1 Å². The molecule has 2 aromatic rings. The Kier molecular flexibility index (Phi) is 6.63. The zero-order valence-corrected chi connectivity index (χ0v) is 19.5. The molecule has 0 aliphatic carbocycles. The van der Waals surface area contributed by atoms with Crippen LogP contribution in [-0.4, -0.2) is 47.3 Å². The number of hydrogen-bond donors (Lipinski definition) is 0. The van der Waals surface area contributed by atoms with E-state index in [1.165, 1.54) is 10.5 Å². The smallest absolute Gasteiger partial charge is 0.336 e. The van der Waals surface area contributed by atoms with E-state index >= 15 is 0 Å². The van der Waals surface area contributed by atoms with Gasteiger partial charge in [0.05, 0.1) is 12.2 Å². The van der Waals surface area contributed by atoms with E-state index in [9.17, 15) is 14.4 Å². The average Bonchev–Trinajstić information content (AvgIpc) is 2.81. The molecular weight excluding hydrogens is 416 g/mol. The maximum absolute atomic E-state index is 13.2. The molecule has 2 amide bonds. The standard InChI is InChI=1S/C27H30N2O4/c1-4-33-27(32)26-19(3)29(24(30)15-23(26)21-11-7-8-18(2)14-21)17-25(31)28-13-12-20-9-5-6-10-22(20)16-28/h5-11,14,23H,4,12-13,15-17H2,1-3H3. The van der Waals surface area contributed by atoms with E-state index in [0.29, 0.717) is 24.4 Å². The molecule has 2 aromatic carbocycles. The minimum Gasteiger partial charge on any atom is -0.463 e. The first kappa shape index (κ1) is 22.8. The number of benzene rings is 2. The van der Waals surface area contributed by atoms with Crippen LogP contribution < -0.4 is 0 Å². The molecule has 0 fully saturated rings. The summed E-state index contributed by atoms with van der Waals surface area (Å²) in [5, 5.41) is 0. The molecule has 0 N–H and O–H groups in total. The van der Waals surface area contributed by atoms with Crippen molar-refractivity contribution in [1.82, 2.24) is 9.80 Å². The number of carbonyl (C=O) groups excluding carboxylic acids is 3. The van der Waals surface area contributed by atoms with E-state index in [1.807, 2.05) is 49.4 Å². The molecule has 2 aliphatic heterocycles. The number of rotatable bonds is 5. The molecule has 0 spiro atoms. The fourth-order valence-electron chi connectivity index (χ4n) is 4.79. The normalized spacial score (nSPS) is 18.3. The fourth-order valence-corrected chi connectivity index (χ4v) is 4.79. The van der Waals surface area contributed by atoms with Gasteiger partial charge in [-0.1, -0.05) is 54.1 Å². The fraction of sp³-hybridized carbons (Fsp3) is 0.370. The summed E-state index contributed by atoms with van der Waals surface area (Å²) in [7, 11) is 0. The Labute approximate surface area is 194 Å². The minimum absolute atomic E-state index is 0.0731. The van der Waals surface area contributed by atoms with E-state index in [1.54, 1.807) is 18.7 Å². The quantitative estimate of drug-likeness (QED) is 0.657. The first-order valence-corrected chi connectivity index (χ1v) is 11.5. The second-order valence-electron chi connectivity index (χ2n) is 8.70. The van der Waals surface area contributed by atoms with Gasteiger partial charge in [-0.3, -0.25) is 9.59 Å². The number of hydrogen-bond acceptors (Lipinski definition) is 4. The van der Waals surface area contributed by atoms with Gasteiger partial charge in [0.25, 0.3) is 0 Å². The van der Waals surface area contributed by atoms with Crippen molar-refractivity contribution in [3.8, 4) is 0 Å². The summed E-state index contributed by atoms with van der Waals surface area (Å²) in [6.07, 6.45) is 0.930. The molecule has 2 aliphatic rings. The predicted octanol–water partition coefficient (Wildman–Crippen LogP) is 3.73. The number of esters is 1. The van der Waals surface area contributed by atoms with Crippen molar-refractivity contribution in [2.24, 2.45) is 0 Å². The van der Waals surface area contributed by atoms with E-state index in [4.69, 9.17) is 4.74 Å². The third-order valence-electron chi connectivity index (χ3n) is 6.54. The van der Waals surface area contributed by atoms with Crippen molar-refractivity contribution in [3.05, 3.63) is 82.1 Å². The van der Waals surface area contributed by atoms with E-state index in [2.05, 4.69) is 6.07 Å². The highest BCUT2D eigenvalue weighted by Gasteiger charge is 2.38. The lowest BCUT2D eigenvalue weighted by molar-refractivity contribution is -0.142. The van der Waals surface area contributed by atoms with Crippen LogP contribution in [0.4, 0.5) is 0 Å². The van der Waals surface area contributed by atoms with Gasteiger partial charge in [-0.05, 0) is 43.9 Å². The van der Waals surface area contributed by atoms with Crippen molar-refractivity contribution in [1.29, 1.82) is 0 Å². The van der Waals surface area contributed by atoms with Gasteiger partial charge in [0.1, 0.15) is 6.54 Å². The van der Waals surface area contributed by atoms with Crippen molar-refractivity contribution < 1.29 is 19.1 Å². The third-order valence-corrected chi connectivity index (χ3v) is 6.54. The first-order valence-electron chi connectivity index (χ1n) is 11.5. The molecule has 4 rings (SSSR count). The molecule has 0 saturated heterocycles. The lowest BCUT2D eigenvalue weighted by Crippen LogP contribution is -2.46. The van der Waals surface area contributed by atoms with Gasteiger partial charge in [0.15, 0.2) is 0 Å². The number of carbonyl (C=O) groups is 3. The van der Waals surface area contributed by atoms with Gasteiger partial charge in [-0.25, -0.2) is 4.79 Å². The Hall–Kier alpha value is -3.41. The lowest BCUT2D eigenvalue weighted by atomic mass is 9.83. The number of amides is 2. The zero-order chi connectivity index (χ0) is 23.5. The summed E-state index contributed by atoms with van der Waals surface area (Å²) in [6, 6.07) is 16.0. The van der Waals surface area contributed by atoms with Crippen LogP contribution in [0.1, 0.15) is 48.4 Å². The van der Waals surface area contributed by atoms with Crippen molar-refractivity contribution in [3.63, 3.8) is 0 Å². The number of fused-ring (bicyclic) bond motifs is 1. The van der Waals surface area contributed by atoms with Crippen LogP contribution >= 0.6 is 0 Å². The molecule has 1 unspecified atom stereocenters. The van der Waals surface area contributed by atoms with Gasteiger partial charge >= 0.3 is 5.97 Å². The average molecular weight is 447 g/mol.